The molecule has 0 amide bonds. The SMILES string of the molecule is CC(C)n1nc2nc(N(C)C)nc(NC3CCCC3)c2n1. The molecule has 1 fully saturated rings. The molecular weight excluding hydrogens is 266 g/mol. The van der Waals surface area contributed by atoms with E-state index in [9.17, 15) is 0 Å². The van der Waals surface area contributed by atoms with Crippen molar-refractivity contribution in [2.75, 3.05) is 24.3 Å². The maximum absolute atomic E-state index is 4.62. The van der Waals surface area contributed by atoms with E-state index in [4.69, 9.17) is 0 Å². The average Bonchev–Trinajstić information content (AvgIpc) is 3.06. The van der Waals surface area contributed by atoms with Gasteiger partial charge in [-0.3, -0.25) is 0 Å². The van der Waals surface area contributed by atoms with Gasteiger partial charge in [0.2, 0.25) is 11.6 Å². The number of nitrogens with one attached hydrogen (secondary N) is 1. The van der Waals surface area contributed by atoms with E-state index < -0.39 is 0 Å². The largest absolute Gasteiger partial charge is 0.365 e. The van der Waals surface area contributed by atoms with E-state index in [0.29, 0.717) is 17.6 Å². The van der Waals surface area contributed by atoms with E-state index in [1.165, 1.54) is 25.7 Å². The fraction of sp³-hybridized carbons (Fsp3) is 0.714. The van der Waals surface area contributed by atoms with Crippen molar-refractivity contribution in [2.24, 2.45) is 0 Å². The Balaban J connectivity index is 2.04. The molecular formula is C14H23N7. The highest BCUT2D eigenvalue weighted by Crippen LogP contribution is 2.26. The van der Waals surface area contributed by atoms with Gasteiger partial charge >= 0.3 is 0 Å². The molecule has 21 heavy (non-hydrogen) atoms. The van der Waals surface area contributed by atoms with Gasteiger partial charge in [-0.05, 0) is 26.7 Å². The molecule has 114 valence electrons. The Labute approximate surface area is 124 Å². The normalized spacial score (nSPS) is 16.0. The molecule has 2 aromatic rings. The van der Waals surface area contributed by atoms with Crippen molar-refractivity contribution >= 4 is 22.9 Å². The van der Waals surface area contributed by atoms with E-state index in [1.54, 1.807) is 4.80 Å². The lowest BCUT2D eigenvalue weighted by Gasteiger charge is -2.15. The highest BCUT2D eigenvalue weighted by molar-refractivity contribution is 5.83. The van der Waals surface area contributed by atoms with Crippen molar-refractivity contribution in [1.82, 2.24) is 25.0 Å². The lowest BCUT2D eigenvalue weighted by Crippen LogP contribution is -2.19. The van der Waals surface area contributed by atoms with E-state index in [-0.39, 0.29) is 6.04 Å². The van der Waals surface area contributed by atoms with Crippen molar-refractivity contribution in [2.45, 2.75) is 51.6 Å². The Hall–Kier alpha value is -1.92. The number of hydrogen-bond donors (Lipinski definition) is 1. The predicted molar refractivity (Wildman–Crippen MR) is 83.7 cm³/mol. The van der Waals surface area contributed by atoms with Crippen molar-refractivity contribution in [3.63, 3.8) is 0 Å². The predicted octanol–water partition coefficient (Wildman–Crippen LogP) is 2.22. The summed E-state index contributed by atoms with van der Waals surface area (Å²) in [5.41, 5.74) is 1.42. The molecule has 7 heteroatoms. The third-order valence-electron chi connectivity index (χ3n) is 3.81. The van der Waals surface area contributed by atoms with E-state index in [2.05, 4.69) is 39.3 Å². The molecule has 2 aromatic heterocycles. The van der Waals surface area contributed by atoms with Crippen molar-refractivity contribution in [3.05, 3.63) is 0 Å². The average molecular weight is 289 g/mol. The molecule has 3 rings (SSSR count). The van der Waals surface area contributed by atoms with Crippen molar-refractivity contribution < 1.29 is 0 Å². The molecule has 2 heterocycles. The van der Waals surface area contributed by atoms with Crippen LogP contribution in [0.25, 0.3) is 11.2 Å². The van der Waals surface area contributed by atoms with Crippen LogP contribution >= 0.6 is 0 Å². The van der Waals surface area contributed by atoms with Crippen molar-refractivity contribution in [1.29, 1.82) is 0 Å². The summed E-state index contributed by atoms with van der Waals surface area (Å²) in [6, 6.07) is 0.698. The molecule has 0 saturated heterocycles. The first kappa shape index (κ1) is 14.0. The monoisotopic (exact) mass is 289 g/mol. The quantitative estimate of drug-likeness (QED) is 0.930. The second-order valence-corrected chi connectivity index (χ2v) is 6.18. The van der Waals surface area contributed by atoms with Crippen LogP contribution in [-0.4, -0.2) is 45.1 Å². The summed E-state index contributed by atoms with van der Waals surface area (Å²) in [6.45, 7) is 4.12. The lowest BCUT2D eigenvalue weighted by atomic mass is 10.2. The van der Waals surface area contributed by atoms with Crippen LogP contribution in [0.4, 0.5) is 11.8 Å². The number of nitrogens with zero attached hydrogens (tertiary/aromatic N) is 6. The third-order valence-corrected chi connectivity index (χ3v) is 3.81. The van der Waals surface area contributed by atoms with E-state index >= 15 is 0 Å². The molecule has 0 aliphatic heterocycles. The standard InChI is InChI=1S/C14H23N7/c1-9(2)21-18-11-12(15-10-7-5-6-8-10)16-14(20(3)4)17-13(11)19-21/h9-10H,5-8H2,1-4H3,(H,15,16,17,19). The summed E-state index contributed by atoms with van der Waals surface area (Å²) in [7, 11) is 3.88. The molecule has 0 atom stereocenters. The second kappa shape index (κ2) is 5.46. The van der Waals surface area contributed by atoms with Gasteiger partial charge in [0.15, 0.2) is 11.3 Å². The van der Waals surface area contributed by atoms with Crippen molar-refractivity contribution in [3.8, 4) is 0 Å². The molecule has 7 nitrogen and oxygen atoms in total. The first-order valence-corrected chi connectivity index (χ1v) is 7.63. The van der Waals surface area contributed by atoms with Gasteiger partial charge in [0, 0.05) is 20.1 Å². The first-order valence-electron chi connectivity index (χ1n) is 7.63. The first-order chi connectivity index (χ1) is 10.0. The van der Waals surface area contributed by atoms with Crippen LogP contribution in [0.15, 0.2) is 0 Å². The Morgan fingerprint density at radius 1 is 1.14 bits per heavy atom. The fourth-order valence-electron chi connectivity index (χ4n) is 2.61. The summed E-state index contributed by atoms with van der Waals surface area (Å²) in [4.78, 5) is 12.7. The Bertz CT molecular complexity index is 626. The zero-order valence-electron chi connectivity index (χ0n) is 13.2. The molecule has 0 bridgehead atoms. The Morgan fingerprint density at radius 2 is 1.86 bits per heavy atom. The minimum absolute atomic E-state index is 0.210. The van der Waals surface area contributed by atoms with Gasteiger partial charge in [0.05, 0.1) is 6.04 Å². The molecule has 1 saturated carbocycles. The van der Waals surface area contributed by atoms with Gasteiger partial charge < -0.3 is 10.2 Å². The van der Waals surface area contributed by atoms with Crippen LogP contribution in [0.3, 0.4) is 0 Å². The van der Waals surface area contributed by atoms with Crippen LogP contribution in [0.5, 0.6) is 0 Å². The molecule has 1 aliphatic rings. The van der Waals surface area contributed by atoms with E-state index in [1.807, 2.05) is 19.0 Å². The van der Waals surface area contributed by atoms with Gasteiger partial charge in [-0.15, -0.1) is 10.2 Å². The van der Waals surface area contributed by atoms with Gasteiger partial charge in [0.1, 0.15) is 0 Å². The third kappa shape index (κ3) is 2.77. The number of fused-ring (bicyclic) bond motifs is 1. The minimum atomic E-state index is 0.210. The molecule has 0 aromatic carbocycles. The summed E-state index contributed by atoms with van der Waals surface area (Å²) in [6.07, 6.45) is 4.96. The van der Waals surface area contributed by atoms with Crippen LogP contribution < -0.4 is 10.2 Å². The maximum atomic E-state index is 4.62. The number of hydrogen-bond acceptors (Lipinski definition) is 6. The fourth-order valence-corrected chi connectivity index (χ4v) is 2.61. The number of anilines is 2. The molecule has 0 radical (unpaired) electrons. The molecule has 1 N–H and O–H groups in total. The van der Waals surface area contributed by atoms with Crippen LogP contribution in [0.1, 0.15) is 45.6 Å². The second-order valence-electron chi connectivity index (χ2n) is 6.18. The number of rotatable bonds is 4. The Morgan fingerprint density at radius 3 is 2.48 bits per heavy atom. The molecule has 0 spiro atoms. The smallest absolute Gasteiger partial charge is 0.229 e. The van der Waals surface area contributed by atoms with Crippen LogP contribution in [0.2, 0.25) is 0 Å². The minimum Gasteiger partial charge on any atom is -0.365 e. The summed E-state index contributed by atoms with van der Waals surface area (Å²) in [5.74, 6) is 1.47. The highest BCUT2D eigenvalue weighted by Gasteiger charge is 2.20. The molecule has 0 unspecified atom stereocenters. The summed E-state index contributed by atoms with van der Waals surface area (Å²) in [5, 5.41) is 12.6. The zero-order valence-corrected chi connectivity index (χ0v) is 13.2. The zero-order chi connectivity index (χ0) is 15.0. The van der Waals surface area contributed by atoms with Crippen LogP contribution in [-0.2, 0) is 0 Å². The van der Waals surface area contributed by atoms with Gasteiger partial charge in [-0.1, -0.05) is 12.8 Å². The maximum Gasteiger partial charge on any atom is 0.229 e. The van der Waals surface area contributed by atoms with Crippen LogP contribution in [0, 0.1) is 0 Å². The van der Waals surface area contributed by atoms with Gasteiger partial charge in [-0.25, -0.2) is 0 Å². The van der Waals surface area contributed by atoms with Gasteiger partial charge in [0.25, 0.3) is 0 Å². The Kier molecular flexibility index (Phi) is 3.65. The summed E-state index contributed by atoms with van der Waals surface area (Å²) < 4.78 is 0. The van der Waals surface area contributed by atoms with Gasteiger partial charge in [-0.2, -0.15) is 14.8 Å². The number of aromatic nitrogens is 5. The molecule has 1 aliphatic carbocycles. The topological polar surface area (TPSA) is 71.8 Å². The lowest BCUT2D eigenvalue weighted by molar-refractivity contribution is 0.471. The summed E-state index contributed by atoms with van der Waals surface area (Å²) >= 11 is 0. The highest BCUT2D eigenvalue weighted by atomic mass is 15.5. The van der Waals surface area contributed by atoms with E-state index in [0.717, 1.165) is 11.3 Å².